The van der Waals surface area contributed by atoms with Gasteiger partial charge in [0.15, 0.2) is 0 Å². The Bertz CT molecular complexity index is 872. The highest BCUT2D eigenvalue weighted by molar-refractivity contribution is 6.39. The van der Waals surface area contributed by atoms with Gasteiger partial charge in [0, 0.05) is 31.5 Å². The standard InChI is InChI=1S/C18H18FN3O5/c1-11-8-14(22(25)26)6-7-15(11)21-18(24)17(23)20-10-16(27-2)12-4-3-5-13(19)9-12/h3-9,16H,10H2,1-2H3,(H,20,23)(H,21,24). The number of hydrogen-bond acceptors (Lipinski definition) is 5. The van der Waals surface area contributed by atoms with Gasteiger partial charge in [0.05, 0.1) is 11.0 Å². The number of halogens is 1. The maximum Gasteiger partial charge on any atom is 0.313 e. The van der Waals surface area contributed by atoms with Crippen LogP contribution < -0.4 is 10.6 Å². The molecule has 0 heterocycles. The lowest BCUT2D eigenvalue weighted by atomic mass is 10.1. The maximum atomic E-state index is 13.3. The molecule has 0 saturated carbocycles. The SMILES string of the molecule is COC(CNC(=O)C(=O)Nc1ccc([N+](=O)[O-])cc1C)c1cccc(F)c1. The molecule has 2 amide bonds. The first kappa shape index (κ1) is 20.0. The lowest BCUT2D eigenvalue weighted by molar-refractivity contribution is -0.384. The average Bonchev–Trinajstić information content (AvgIpc) is 2.63. The Hall–Kier alpha value is -3.33. The van der Waals surface area contributed by atoms with Crippen LogP contribution in [0.25, 0.3) is 0 Å². The van der Waals surface area contributed by atoms with Crippen molar-refractivity contribution in [1.82, 2.24) is 5.32 Å². The van der Waals surface area contributed by atoms with Crippen LogP contribution in [0.15, 0.2) is 42.5 Å². The van der Waals surface area contributed by atoms with Gasteiger partial charge in [-0.2, -0.15) is 0 Å². The van der Waals surface area contributed by atoms with Gasteiger partial charge < -0.3 is 15.4 Å². The molecule has 0 fully saturated rings. The van der Waals surface area contributed by atoms with Gasteiger partial charge in [-0.15, -0.1) is 0 Å². The molecule has 9 heteroatoms. The molecule has 2 aromatic carbocycles. The second kappa shape index (κ2) is 8.86. The number of amides is 2. The highest BCUT2D eigenvalue weighted by Gasteiger charge is 2.19. The van der Waals surface area contributed by atoms with Crippen molar-refractivity contribution in [2.75, 3.05) is 19.0 Å². The number of nitro groups is 1. The summed E-state index contributed by atoms with van der Waals surface area (Å²) in [6, 6.07) is 9.59. The number of ether oxygens (including phenoxy) is 1. The Morgan fingerprint density at radius 2 is 1.96 bits per heavy atom. The molecule has 0 spiro atoms. The van der Waals surface area contributed by atoms with Crippen molar-refractivity contribution in [3.8, 4) is 0 Å². The van der Waals surface area contributed by atoms with Crippen LogP contribution in [0.5, 0.6) is 0 Å². The minimum atomic E-state index is -0.930. The number of non-ortho nitro benzene ring substituents is 1. The normalized spacial score (nSPS) is 11.5. The molecular formula is C18H18FN3O5. The van der Waals surface area contributed by atoms with Crippen molar-refractivity contribution >= 4 is 23.2 Å². The topological polar surface area (TPSA) is 111 Å². The van der Waals surface area contributed by atoms with Gasteiger partial charge in [-0.05, 0) is 36.2 Å². The number of anilines is 1. The van der Waals surface area contributed by atoms with Gasteiger partial charge in [0.1, 0.15) is 5.82 Å². The summed E-state index contributed by atoms with van der Waals surface area (Å²) >= 11 is 0. The number of carbonyl (C=O) groups is 2. The number of rotatable bonds is 6. The van der Waals surface area contributed by atoms with E-state index >= 15 is 0 Å². The van der Waals surface area contributed by atoms with E-state index in [2.05, 4.69) is 10.6 Å². The summed E-state index contributed by atoms with van der Waals surface area (Å²) in [5.74, 6) is -2.28. The van der Waals surface area contributed by atoms with E-state index in [4.69, 9.17) is 4.74 Å². The molecule has 0 saturated heterocycles. The number of carbonyl (C=O) groups excluding carboxylic acids is 2. The summed E-state index contributed by atoms with van der Waals surface area (Å²) in [6.07, 6.45) is -0.626. The Labute approximate surface area is 154 Å². The largest absolute Gasteiger partial charge is 0.375 e. The number of nitrogens with one attached hydrogen (secondary N) is 2. The molecule has 0 aliphatic heterocycles. The molecule has 1 unspecified atom stereocenters. The summed E-state index contributed by atoms with van der Waals surface area (Å²) in [7, 11) is 1.40. The van der Waals surface area contributed by atoms with Crippen LogP contribution in [0.2, 0.25) is 0 Å². The number of aryl methyl sites for hydroxylation is 1. The first-order chi connectivity index (χ1) is 12.8. The van der Waals surface area contributed by atoms with Crippen LogP contribution >= 0.6 is 0 Å². The second-order valence-corrected chi connectivity index (χ2v) is 5.70. The maximum absolute atomic E-state index is 13.3. The van der Waals surface area contributed by atoms with E-state index in [1.165, 1.54) is 43.5 Å². The van der Waals surface area contributed by atoms with E-state index < -0.39 is 28.7 Å². The summed E-state index contributed by atoms with van der Waals surface area (Å²) in [5, 5.41) is 15.5. The van der Waals surface area contributed by atoms with Crippen molar-refractivity contribution in [3.63, 3.8) is 0 Å². The van der Waals surface area contributed by atoms with Crippen LogP contribution in [-0.4, -0.2) is 30.4 Å². The average molecular weight is 375 g/mol. The van der Waals surface area contributed by atoms with Gasteiger partial charge in [-0.1, -0.05) is 12.1 Å². The lowest BCUT2D eigenvalue weighted by Gasteiger charge is -2.16. The highest BCUT2D eigenvalue weighted by Crippen LogP contribution is 2.21. The zero-order valence-corrected chi connectivity index (χ0v) is 14.7. The van der Waals surface area contributed by atoms with Crippen molar-refractivity contribution in [1.29, 1.82) is 0 Å². The summed E-state index contributed by atoms with van der Waals surface area (Å²) < 4.78 is 18.5. The molecule has 142 valence electrons. The fourth-order valence-corrected chi connectivity index (χ4v) is 2.39. The smallest absolute Gasteiger partial charge is 0.313 e. The zero-order valence-electron chi connectivity index (χ0n) is 14.7. The molecular weight excluding hydrogens is 357 g/mol. The number of nitrogens with zero attached hydrogens (tertiary/aromatic N) is 1. The Balaban J connectivity index is 1.97. The van der Waals surface area contributed by atoms with E-state index in [-0.39, 0.29) is 17.9 Å². The van der Waals surface area contributed by atoms with Gasteiger partial charge in [-0.25, -0.2) is 4.39 Å². The Kier molecular flexibility index (Phi) is 6.56. The molecule has 2 rings (SSSR count). The molecule has 0 aromatic heterocycles. The van der Waals surface area contributed by atoms with E-state index in [9.17, 15) is 24.1 Å². The molecule has 1 atom stereocenters. The molecule has 0 bridgehead atoms. The molecule has 0 aliphatic carbocycles. The summed E-state index contributed by atoms with van der Waals surface area (Å²) in [5.41, 5.74) is 1.13. The third-order valence-corrected chi connectivity index (χ3v) is 3.83. The van der Waals surface area contributed by atoms with E-state index in [1.807, 2.05) is 0 Å². The van der Waals surface area contributed by atoms with E-state index in [0.29, 0.717) is 11.1 Å². The zero-order chi connectivity index (χ0) is 20.0. The fraction of sp³-hybridized carbons (Fsp3) is 0.222. The molecule has 2 N–H and O–H groups in total. The van der Waals surface area contributed by atoms with Gasteiger partial charge in [-0.3, -0.25) is 19.7 Å². The highest BCUT2D eigenvalue weighted by atomic mass is 19.1. The third kappa shape index (κ3) is 5.32. The minimum Gasteiger partial charge on any atom is -0.375 e. The monoisotopic (exact) mass is 375 g/mol. The summed E-state index contributed by atoms with van der Waals surface area (Å²) in [4.78, 5) is 34.2. The fourth-order valence-electron chi connectivity index (χ4n) is 2.39. The summed E-state index contributed by atoms with van der Waals surface area (Å²) in [6.45, 7) is 1.54. The van der Waals surface area contributed by atoms with Gasteiger partial charge in [0.2, 0.25) is 0 Å². The Morgan fingerprint density at radius 3 is 2.56 bits per heavy atom. The third-order valence-electron chi connectivity index (χ3n) is 3.83. The van der Waals surface area contributed by atoms with Crippen LogP contribution in [0.4, 0.5) is 15.8 Å². The van der Waals surface area contributed by atoms with E-state index in [0.717, 1.165) is 0 Å². The van der Waals surface area contributed by atoms with E-state index in [1.54, 1.807) is 13.0 Å². The van der Waals surface area contributed by atoms with Crippen molar-refractivity contribution in [3.05, 3.63) is 69.5 Å². The van der Waals surface area contributed by atoms with Crippen LogP contribution in [0.1, 0.15) is 17.2 Å². The number of nitro benzene ring substituents is 1. The Morgan fingerprint density at radius 1 is 1.22 bits per heavy atom. The first-order valence-electron chi connectivity index (χ1n) is 7.94. The quantitative estimate of drug-likeness (QED) is 0.458. The lowest BCUT2D eigenvalue weighted by Crippen LogP contribution is -2.38. The molecule has 8 nitrogen and oxygen atoms in total. The first-order valence-corrected chi connectivity index (χ1v) is 7.94. The predicted octanol–water partition coefficient (Wildman–Crippen LogP) is 2.48. The van der Waals surface area contributed by atoms with Crippen LogP contribution in [0, 0.1) is 22.9 Å². The van der Waals surface area contributed by atoms with Crippen LogP contribution in [-0.2, 0) is 14.3 Å². The molecule has 2 aromatic rings. The van der Waals surface area contributed by atoms with Gasteiger partial charge in [0.25, 0.3) is 5.69 Å². The number of methoxy groups -OCH3 is 1. The molecule has 0 radical (unpaired) electrons. The van der Waals surface area contributed by atoms with Crippen molar-refractivity contribution in [2.24, 2.45) is 0 Å². The minimum absolute atomic E-state index is 0.0363. The number of hydrogen-bond donors (Lipinski definition) is 2. The second-order valence-electron chi connectivity index (χ2n) is 5.70. The van der Waals surface area contributed by atoms with Gasteiger partial charge >= 0.3 is 11.8 Å². The number of benzene rings is 2. The predicted molar refractivity (Wildman–Crippen MR) is 95.6 cm³/mol. The van der Waals surface area contributed by atoms with Crippen molar-refractivity contribution in [2.45, 2.75) is 13.0 Å². The van der Waals surface area contributed by atoms with Crippen molar-refractivity contribution < 1.29 is 23.6 Å². The molecule has 0 aliphatic rings. The van der Waals surface area contributed by atoms with Crippen LogP contribution in [0.3, 0.4) is 0 Å². The molecule has 27 heavy (non-hydrogen) atoms.